The van der Waals surface area contributed by atoms with E-state index in [1.807, 2.05) is 32.9 Å². The zero-order valence-electron chi connectivity index (χ0n) is 22.4. The average molecular weight is 559 g/mol. The summed E-state index contributed by atoms with van der Waals surface area (Å²) in [6.07, 6.45) is 4.13. The summed E-state index contributed by atoms with van der Waals surface area (Å²) in [5, 5.41) is 0.898. The summed E-state index contributed by atoms with van der Waals surface area (Å²) in [5.74, 6) is 1.67. The molecule has 10 heteroatoms. The lowest BCUT2D eigenvalue weighted by Gasteiger charge is -2.30. The van der Waals surface area contributed by atoms with E-state index in [4.69, 9.17) is 23.9 Å². The van der Waals surface area contributed by atoms with Gasteiger partial charge >= 0.3 is 6.09 Å². The first kappa shape index (κ1) is 26.9. The van der Waals surface area contributed by atoms with E-state index >= 15 is 0 Å². The number of carbonyl (C=O) groups is 2. The SMILES string of the molecule is COCCCCCC(=O)Cc1sc2c(c1-c1nc3cc4c(cc3s1)OCO4)CCN(C(=O)OC(C)(C)C)C2. The summed E-state index contributed by atoms with van der Waals surface area (Å²) < 4.78 is 22.9. The highest BCUT2D eigenvalue weighted by Gasteiger charge is 2.31. The number of aromatic nitrogens is 1. The van der Waals surface area contributed by atoms with Crippen molar-refractivity contribution in [3.63, 3.8) is 0 Å². The lowest BCUT2D eigenvalue weighted by molar-refractivity contribution is -0.118. The highest BCUT2D eigenvalue weighted by atomic mass is 32.1. The number of ether oxygens (including phenoxy) is 4. The van der Waals surface area contributed by atoms with Gasteiger partial charge in [0.2, 0.25) is 6.79 Å². The summed E-state index contributed by atoms with van der Waals surface area (Å²) in [7, 11) is 1.70. The minimum absolute atomic E-state index is 0.226. The zero-order valence-corrected chi connectivity index (χ0v) is 24.0. The zero-order chi connectivity index (χ0) is 26.9. The van der Waals surface area contributed by atoms with Crippen LogP contribution < -0.4 is 9.47 Å². The molecule has 2 aliphatic rings. The minimum Gasteiger partial charge on any atom is -0.454 e. The van der Waals surface area contributed by atoms with E-state index in [2.05, 4.69) is 0 Å². The Labute approximate surface area is 230 Å². The number of hydrogen-bond acceptors (Lipinski definition) is 9. The van der Waals surface area contributed by atoms with Crippen molar-refractivity contribution < 1.29 is 28.5 Å². The van der Waals surface area contributed by atoms with Gasteiger partial charge in [-0.05, 0) is 45.6 Å². The molecule has 0 bridgehead atoms. The Kier molecular flexibility index (Phi) is 7.93. The molecule has 2 aliphatic heterocycles. The molecule has 0 radical (unpaired) electrons. The van der Waals surface area contributed by atoms with Gasteiger partial charge in [-0.1, -0.05) is 6.42 Å². The maximum absolute atomic E-state index is 13.0. The van der Waals surface area contributed by atoms with E-state index in [-0.39, 0.29) is 18.7 Å². The number of benzene rings is 1. The monoisotopic (exact) mass is 558 g/mol. The fraction of sp³-hybridized carbons (Fsp3) is 0.536. The molecule has 0 spiro atoms. The van der Waals surface area contributed by atoms with E-state index in [1.54, 1.807) is 34.7 Å². The van der Waals surface area contributed by atoms with Crippen LogP contribution in [-0.4, -0.2) is 54.4 Å². The molecule has 204 valence electrons. The fourth-order valence-corrected chi connectivity index (χ4v) is 7.29. The van der Waals surface area contributed by atoms with Crippen molar-refractivity contribution in [3.8, 4) is 22.1 Å². The number of carbonyl (C=O) groups excluding carboxylic acids is 2. The van der Waals surface area contributed by atoms with Gasteiger partial charge in [-0.2, -0.15) is 0 Å². The van der Waals surface area contributed by atoms with Crippen LogP contribution in [-0.2, 0) is 33.7 Å². The molecule has 0 aliphatic carbocycles. The summed E-state index contributed by atoms with van der Waals surface area (Å²) in [6, 6.07) is 3.90. The molecule has 4 heterocycles. The number of fused-ring (bicyclic) bond motifs is 3. The lowest BCUT2D eigenvalue weighted by Crippen LogP contribution is -2.39. The molecule has 2 aromatic heterocycles. The number of Topliss-reactive ketones (excluding diaryl/α,β-unsaturated/α-hetero) is 1. The van der Waals surface area contributed by atoms with Gasteiger partial charge < -0.3 is 23.8 Å². The second-order valence-corrected chi connectivity index (χ2v) is 12.9. The van der Waals surface area contributed by atoms with Gasteiger partial charge in [-0.25, -0.2) is 9.78 Å². The van der Waals surface area contributed by atoms with Crippen LogP contribution >= 0.6 is 22.7 Å². The third-order valence-electron chi connectivity index (χ3n) is 6.54. The van der Waals surface area contributed by atoms with Gasteiger partial charge in [-0.15, -0.1) is 22.7 Å². The van der Waals surface area contributed by atoms with Crippen LogP contribution in [0.2, 0.25) is 0 Å². The second-order valence-electron chi connectivity index (χ2n) is 10.7. The number of hydrogen-bond donors (Lipinski definition) is 0. The molecule has 0 atom stereocenters. The summed E-state index contributed by atoms with van der Waals surface area (Å²) in [4.78, 5) is 34.7. The van der Waals surface area contributed by atoms with E-state index in [0.29, 0.717) is 38.1 Å². The molecule has 0 fully saturated rings. The Balaban J connectivity index is 1.43. The first-order chi connectivity index (χ1) is 18.2. The highest BCUT2D eigenvalue weighted by molar-refractivity contribution is 7.22. The van der Waals surface area contributed by atoms with Crippen LogP contribution in [0.25, 0.3) is 20.8 Å². The van der Waals surface area contributed by atoms with E-state index in [1.165, 1.54) is 5.56 Å². The fourth-order valence-electron chi connectivity index (χ4n) is 4.75. The number of thiophene rings is 1. The molecular formula is C28H34N2O6S2. The predicted octanol–water partition coefficient (Wildman–Crippen LogP) is 6.37. The van der Waals surface area contributed by atoms with Crippen molar-refractivity contribution in [3.05, 3.63) is 27.5 Å². The van der Waals surface area contributed by atoms with Gasteiger partial charge in [-0.3, -0.25) is 4.79 Å². The molecule has 0 saturated heterocycles. The van der Waals surface area contributed by atoms with Gasteiger partial charge in [0.05, 0.1) is 16.8 Å². The van der Waals surface area contributed by atoms with Crippen LogP contribution in [0.1, 0.15) is 61.8 Å². The van der Waals surface area contributed by atoms with Crippen LogP contribution in [0.4, 0.5) is 4.79 Å². The second kappa shape index (κ2) is 11.2. The topological polar surface area (TPSA) is 87.2 Å². The molecule has 8 nitrogen and oxygen atoms in total. The highest BCUT2D eigenvalue weighted by Crippen LogP contribution is 2.45. The predicted molar refractivity (Wildman–Crippen MR) is 148 cm³/mol. The molecule has 1 amide bonds. The van der Waals surface area contributed by atoms with Crippen LogP contribution in [0, 0.1) is 0 Å². The Morgan fingerprint density at radius 1 is 1.11 bits per heavy atom. The largest absolute Gasteiger partial charge is 0.454 e. The summed E-state index contributed by atoms with van der Waals surface area (Å²) in [6.45, 7) is 7.63. The van der Waals surface area contributed by atoms with Crippen LogP contribution in [0.15, 0.2) is 12.1 Å². The van der Waals surface area contributed by atoms with Crippen molar-refractivity contribution in [1.82, 2.24) is 9.88 Å². The minimum atomic E-state index is -0.548. The number of rotatable bonds is 9. The van der Waals surface area contributed by atoms with Crippen LogP contribution in [0.3, 0.4) is 0 Å². The molecule has 38 heavy (non-hydrogen) atoms. The molecule has 5 rings (SSSR count). The molecular weight excluding hydrogens is 524 g/mol. The first-order valence-corrected chi connectivity index (χ1v) is 14.7. The number of thiazole rings is 1. The van der Waals surface area contributed by atoms with Gasteiger partial charge in [0, 0.05) is 60.6 Å². The first-order valence-electron chi connectivity index (χ1n) is 13.0. The quantitative estimate of drug-likeness (QED) is 0.282. The molecule has 0 unspecified atom stereocenters. The molecule has 3 aromatic rings. The van der Waals surface area contributed by atoms with E-state index in [0.717, 1.165) is 62.2 Å². The number of methoxy groups -OCH3 is 1. The van der Waals surface area contributed by atoms with Crippen molar-refractivity contribution >= 4 is 44.8 Å². The molecule has 0 N–H and O–H groups in total. The summed E-state index contributed by atoms with van der Waals surface area (Å²) in [5.41, 5.74) is 2.56. The number of amides is 1. The standard InChI is InChI=1S/C28H34N2O6S2/c1-28(2,3)36-27(32)30-10-9-18-24(15-30)37-23(12-17(31)8-6-5-7-11-33-4)25(18)26-29-19-13-20-21(35-16-34-20)14-22(19)38-26/h13-14H,5-12,15-16H2,1-4H3. The summed E-state index contributed by atoms with van der Waals surface area (Å²) >= 11 is 3.24. The Bertz CT molecular complexity index is 1300. The number of unbranched alkanes of at least 4 members (excludes halogenated alkanes) is 2. The van der Waals surface area contributed by atoms with Gasteiger partial charge in [0.25, 0.3) is 0 Å². The third kappa shape index (κ3) is 5.97. The van der Waals surface area contributed by atoms with Crippen molar-refractivity contribution in [2.24, 2.45) is 0 Å². The third-order valence-corrected chi connectivity index (χ3v) is 8.79. The van der Waals surface area contributed by atoms with Crippen molar-refractivity contribution in [1.29, 1.82) is 0 Å². The van der Waals surface area contributed by atoms with Gasteiger partial charge in [0.1, 0.15) is 16.4 Å². The molecule has 0 saturated carbocycles. The Hall–Kier alpha value is -2.69. The lowest BCUT2D eigenvalue weighted by atomic mass is 9.99. The van der Waals surface area contributed by atoms with Gasteiger partial charge in [0.15, 0.2) is 11.5 Å². The number of ketones is 1. The Morgan fingerprint density at radius 3 is 2.66 bits per heavy atom. The maximum Gasteiger partial charge on any atom is 0.410 e. The number of nitrogens with zero attached hydrogens (tertiary/aromatic N) is 2. The normalized spacial score (nSPS) is 14.7. The average Bonchev–Trinajstić information content (AvgIpc) is 3.56. The smallest absolute Gasteiger partial charge is 0.410 e. The van der Waals surface area contributed by atoms with Crippen LogP contribution in [0.5, 0.6) is 11.5 Å². The Morgan fingerprint density at radius 2 is 1.89 bits per heavy atom. The van der Waals surface area contributed by atoms with Crippen molar-refractivity contribution in [2.45, 2.75) is 71.4 Å². The van der Waals surface area contributed by atoms with E-state index < -0.39 is 5.60 Å². The maximum atomic E-state index is 13.0. The van der Waals surface area contributed by atoms with Crippen molar-refractivity contribution in [2.75, 3.05) is 27.1 Å². The van der Waals surface area contributed by atoms with E-state index in [9.17, 15) is 9.59 Å². The molecule has 1 aromatic carbocycles.